The number of halogens is 4. The third kappa shape index (κ3) is 7.66. The Labute approximate surface area is 361 Å². The van der Waals surface area contributed by atoms with Crippen molar-refractivity contribution in [3.8, 4) is 11.5 Å². The van der Waals surface area contributed by atoms with Gasteiger partial charge in [-0.25, -0.2) is 4.79 Å². The van der Waals surface area contributed by atoms with E-state index >= 15 is 4.79 Å². The van der Waals surface area contributed by atoms with Crippen molar-refractivity contribution in [3.05, 3.63) is 123 Å². The van der Waals surface area contributed by atoms with Crippen molar-refractivity contribution in [2.45, 2.75) is 50.2 Å². The standard InChI is InChI=1S/C47H46ClF3N4O7/c48-15-3-1-2-4-21-59-23-24-60-22-16-52-44(57)30-7-11-35-38(25-30)46(55(45(35)58)33-8-12-34-39(47(49,50)51)29-43(56)62-40(34)28-33)36-13-9-31(53-17-5-18-53)26-41(36)61-42-27-32(10-14-37(42)46)54-19-6-20-54/h7-14,25-29H,1-6,15-24H2,(H,52,57). The molecule has 0 aliphatic carbocycles. The second-order valence-electron chi connectivity index (χ2n) is 16.0. The summed E-state index contributed by atoms with van der Waals surface area (Å²) < 4.78 is 66.1. The minimum Gasteiger partial charge on any atom is -0.456 e. The molecule has 0 radical (unpaired) electrons. The maximum absolute atomic E-state index is 15.1. The molecule has 0 unspecified atom stereocenters. The van der Waals surface area contributed by atoms with Gasteiger partial charge in [0.1, 0.15) is 22.6 Å². The molecule has 62 heavy (non-hydrogen) atoms. The molecule has 4 aliphatic rings. The molecule has 0 atom stereocenters. The summed E-state index contributed by atoms with van der Waals surface area (Å²) in [7, 11) is 0. The number of nitrogens with one attached hydrogen (secondary N) is 1. The quantitative estimate of drug-likeness (QED) is 0.0591. The van der Waals surface area contributed by atoms with E-state index in [1.165, 1.54) is 23.1 Å². The van der Waals surface area contributed by atoms with Crippen LogP contribution in [0, 0.1) is 0 Å². The number of carbonyl (C=O) groups is 2. The Balaban J connectivity index is 1.10. The maximum Gasteiger partial charge on any atom is 0.417 e. The van der Waals surface area contributed by atoms with E-state index < -0.39 is 28.8 Å². The van der Waals surface area contributed by atoms with E-state index in [4.69, 9.17) is 30.2 Å². The zero-order chi connectivity index (χ0) is 43.0. The van der Waals surface area contributed by atoms with E-state index in [1.807, 2.05) is 36.4 Å². The fourth-order valence-electron chi connectivity index (χ4n) is 8.84. The number of fused-ring (bicyclic) bond motifs is 7. The van der Waals surface area contributed by atoms with Crippen molar-refractivity contribution >= 4 is 51.4 Å². The van der Waals surface area contributed by atoms with Crippen LogP contribution in [-0.2, 0) is 21.2 Å². The molecule has 0 saturated carbocycles. The lowest BCUT2D eigenvalue weighted by Gasteiger charge is -2.45. The van der Waals surface area contributed by atoms with Gasteiger partial charge in [0, 0.05) is 120 Å². The Morgan fingerprint density at radius 2 is 1.37 bits per heavy atom. The second kappa shape index (κ2) is 17.3. The molecular weight excluding hydrogens is 825 g/mol. The minimum atomic E-state index is -4.83. The second-order valence-corrected chi connectivity index (χ2v) is 16.4. The predicted octanol–water partition coefficient (Wildman–Crippen LogP) is 8.85. The highest BCUT2D eigenvalue weighted by Gasteiger charge is 2.57. The monoisotopic (exact) mass is 870 g/mol. The number of carbonyl (C=O) groups excluding carboxylic acids is 2. The third-order valence-electron chi connectivity index (χ3n) is 12.2. The van der Waals surface area contributed by atoms with E-state index in [2.05, 4.69) is 15.1 Å². The van der Waals surface area contributed by atoms with Crippen LogP contribution in [0.15, 0.2) is 88.1 Å². The number of alkyl halides is 4. The SMILES string of the molecule is O=C(NCCOCCOCCCCCCCl)c1ccc2c(c1)C1(c3ccc(N4CCC4)cc3Oc3cc(N4CCC4)ccc31)N(c1ccc3c(C(F)(F)F)cc(=O)oc3c1)C2=O. The Bertz CT molecular complexity index is 2510. The number of anilines is 3. The van der Waals surface area contributed by atoms with Gasteiger partial charge in [-0.3, -0.25) is 14.5 Å². The predicted molar refractivity (Wildman–Crippen MR) is 230 cm³/mol. The Kier molecular flexibility index (Phi) is 11.7. The molecular formula is C47H46ClF3N4O7. The van der Waals surface area contributed by atoms with Crippen molar-refractivity contribution in [1.82, 2.24) is 5.32 Å². The van der Waals surface area contributed by atoms with Gasteiger partial charge >= 0.3 is 11.8 Å². The van der Waals surface area contributed by atoms with Crippen LogP contribution >= 0.6 is 11.6 Å². The molecule has 15 heteroatoms. The molecule has 11 nitrogen and oxygen atoms in total. The lowest BCUT2D eigenvalue weighted by Crippen LogP contribution is -2.48. The summed E-state index contributed by atoms with van der Waals surface area (Å²) in [6, 6.07) is 21.0. The Morgan fingerprint density at radius 1 is 0.726 bits per heavy atom. The number of rotatable bonds is 16. The maximum atomic E-state index is 15.1. The van der Waals surface area contributed by atoms with Crippen LogP contribution in [0.4, 0.5) is 30.2 Å². The van der Waals surface area contributed by atoms with Crippen molar-refractivity contribution in [2.75, 3.05) is 79.7 Å². The zero-order valence-corrected chi connectivity index (χ0v) is 34.8. The highest BCUT2D eigenvalue weighted by atomic mass is 35.5. The van der Waals surface area contributed by atoms with Crippen LogP contribution in [0.5, 0.6) is 11.5 Å². The average Bonchev–Trinajstić information content (AvgIpc) is 3.46. The molecule has 1 N–H and O–H groups in total. The molecule has 5 aromatic rings. The summed E-state index contributed by atoms with van der Waals surface area (Å²) >= 11 is 5.74. The lowest BCUT2D eigenvalue weighted by atomic mass is 9.74. The average molecular weight is 871 g/mol. The lowest BCUT2D eigenvalue weighted by molar-refractivity contribution is -0.136. The number of hydrogen-bond acceptors (Lipinski definition) is 9. The number of amides is 2. The van der Waals surface area contributed by atoms with Crippen LogP contribution in [0.3, 0.4) is 0 Å². The van der Waals surface area contributed by atoms with Gasteiger partial charge in [0.05, 0.1) is 25.4 Å². The van der Waals surface area contributed by atoms with E-state index in [0.717, 1.165) is 76.1 Å². The fraction of sp³-hybridized carbons (Fsp3) is 0.383. The van der Waals surface area contributed by atoms with Crippen LogP contribution in [0.25, 0.3) is 11.0 Å². The molecule has 1 aromatic heterocycles. The third-order valence-corrected chi connectivity index (χ3v) is 12.4. The first-order chi connectivity index (χ1) is 30.1. The Hall–Kier alpha value is -5.57. The van der Waals surface area contributed by atoms with Crippen LogP contribution < -0.4 is 30.4 Å². The minimum absolute atomic E-state index is 0.178. The summed E-state index contributed by atoms with van der Waals surface area (Å²) in [5, 5.41) is 2.60. The molecule has 2 saturated heterocycles. The fourth-order valence-corrected chi connectivity index (χ4v) is 9.03. The van der Waals surface area contributed by atoms with Gasteiger partial charge in [0.2, 0.25) is 0 Å². The summed E-state index contributed by atoms with van der Waals surface area (Å²) in [6.07, 6.45) is 1.38. The molecule has 2 fully saturated rings. The molecule has 2 amide bonds. The molecule has 0 bridgehead atoms. The molecule has 1 spiro atoms. The summed E-state index contributed by atoms with van der Waals surface area (Å²) in [5.41, 5.74) is 0.158. The summed E-state index contributed by atoms with van der Waals surface area (Å²) in [6.45, 7) is 5.47. The Morgan fingerprint density at radius 3 is 2.00 bits per heavy atom. The van der Waals surface area contributed by atoms with E-state index in [9.17, 15) is 22.8 Å². The van der Waals surface area contributed by atoms with Gasteiger partial charge in [-0.1, -0.05) is 25.0 Å². The zero-order valence-electron chi connectivity index (χ0n) is 34.0. The van der Waals surface area contributed by atoms with E-state index in [-0.39, 0.29) is 41.3 Å². The number of benzene rings is 4. The van der Waals surface area contributed by atoms with Crippen LogP contribution in [-0.4, -0.2) is 76.8 Å². The largest absolute Gasteiger partial charge is 0.456 e. The number of nitrogens with zero attached hydrogens (tertiary/aromatic N) is 3. The van der Waals surface area contributed by atoms with E-state index in [0.29, 0.717) is 65.5 Å². The van der Waals surface area contributed by atoms with Gasteiger partial charge in [-0.15, -0.1) is 11.6 Å². The van der Waals surface area contributed by atoms with Crippen LogP contribution in [0.1, 0.15) is 81.5 Å². The number of ether oxygens (including phenoxy) is 3. The van der Waals surface area contributed by atoms with Crippen molar-refractivity contribution < 1.29 is 41.4 Å². The molecule has 9 rings (SSSR count). The number of hydrogen-bond donors (Lipinski definition) is 1. The van der Waals surface area contributed by atoms with Gasteiger partial charge in [-0.2, -0.15) is 13.2 Å². The highest BCUT2D eigenvalue weighted by molar-refractivity contribution is 6.17. The molecule has 5 heterocycles. The van der Waals surface area contributed by atoms with Crippen LogP contribution in [0.2, 0.25) is 0 Å². The normalized spacial score (nSPS) is 16.1. The topological polar surface area (TPSA) is 114 Å². The first-order valence-electron chi connectivity index (χ1n) is 21.2. The number of unbranched alkanes of at least 4 members (excludes halogenated alkanes) is 3. The smallest absolute Gasteiger partial charge is 0.417 e. The van der Waals surface area contributed by atoms with Gasteiger partial charge in [0.25, 0.3) is 11.8 Å². The first kappa shape index (κ1) is 41.8. The van der Waals surface area contributed by atoms with Crippen molar-refractivity contribution in [3.63, 3.8) is 0 Å². The first-order valence-corrected chi connectivity index (χ1v) is 21.7. The summed E-state index contributed by atoms with van der Waals surface area (Å²) in [4.78, 5) is 47.5. The van der Waals surface area contributed by atoms with E-state index in [1.54, 1.807) is 18.2 Å². The summed E-state index contributed by atoms with van der Waals surface area (Å²) in [5.74, 6) is 0.795. The highest BCUT2D eigenvalue weighted by Crippen LogP contribution is 2.60. The van der Waals surface area contributed by atoms with Crippen molar-refractivity contribution in [1.29, 1.82) is 0 Å². The van der Waals surface area contributed by atoms with Gasteiger partial charge < -0.3 is 33.7 Å². The van der Waals surface area contributed by atoms with Gasteiger partial charge in [0.15, 0.2) is 0 Å². The van der Waals surface area contributed by atoms with Crippen molar-refractivity contribution in [2.24, 2.45) is 0 Å². The molecule has 4 aliphatic heterocycles. The molecule has 324 valence electrons. The molecule has 4 aromatic carbocycles. The van der Waals surface area contributed by atoms with Gasteiger partial charge in [-0.05, 0) is 68.1 Å².